The number of carbonyl (C=O) groups is 3. The number of hydrogen-bond acceptors (Lipinski definition) is 6. The number of imidazole rings is 1. The number of aromatic nitrogens is 4. The van der Waals surface area contributed by atoms with Crippen LogP contribution in [0.2, 0.25) is 0 Å². The summed E-state index contributed by atoms with van der Waals surface area (Å²) in [7, 11) is 0. The van der Waals surface area contributed by atoms with E-state index in [4.69, 9.17) is 5.73 Å². The highest BCUT2D eigenvalue weighted by Gasteiger charge is 2.27. The zero-order valence-corrected chi connectivity index (χ0v) is 15.8. The molecule has 3 N–H and O–H groups in total. The summed E-state index contributed by atoms with van der Waals surface area (Å²) in [5, 5.41) is 2.60. The van der Waals surface area contributed by atoms with Crippen LogP contribution in [-0.2, 0) is 16.0 Å². The first kappa shape index (κ1) is 19.9. The molecule has 0 aliphatic carbocycles. The molecule has 0 spiro atoms. The first-order valence-electron chi connectivity index (χ1n) is 8.97. The van der Waals surface area contributed by atoms with Crippen molar-refractivity contribution in [2.75, 3.05) is 0 Å². The van der Waals surface area contributed by atoms with Crippen molar-refractivity contribution in [2.24, 2.45) is 5.73 Å². The first-order chi connectivity index (χ1) is 14.0. The molecule has 9 nitrogen and oxygen atoms in total. The van der Waals surface area contributed by atoms with Gasteiger partial charge in [0.25, 0.3) is 11.8 Å². The Morgan fingerprint density at radius 3 is 2.41 bits per heavy atom. The third-order valence-electron chi connectivity index (χ3n) is 4.33. The van der Waals surface area contributed by atoms with E-state index >= 15 is 0 Å². The number of ketones is 1. The number of nitrogens with zero attached hydrogens (tertiary/aromatic N) is 4. The molecule has 0 aliphatic rings. The Balaban J connectivity index is 1.82. The van der Waals surface area contributed by atoms with E-state index in [1.807, 2.05) is 6.07 Å². The lowest BCUT2D eigenvalue weighted by Crippen LogP contribution is -2.46. The Morgan fingerprint density at radius 1 is 1.07 bits per heavy atom. The minimum atomic E-state index is -1.11. The van der Waals surface area contributed by atoms with E-state index in [0.717, 1.165) is 5.69 Å². The van der Waals surface area contributed by atoms with Crippen LogP contribution in [-0.4, -0.2) is 43.2 Å². The molecule has 0 aromatic carbocycles. The highest BCUT2D eigenvalue weighted by molar-refractivity contribution is 6.38. The molecule has 0 aliphatic heterocycles. The smallest absolute Gasteiger partial charge is 0.287 e. The second kappa shape index (κ2) is 8.87. The zero-order valence-electron chi connectivity index (χ0n) is 15.8. The third-order valence-corrected chi connectivity index (χ3v) is 4.33. The maximum absolute atomic E-state index is 12.9. The molecule has 0 fully saturated rings. The number of pyridine rings is 2. The van der Waals surface area contributed by atoms with Crippen molar-refractivity contribution in [3.8, 4) is 5.82 Å². The van der Waals surface area contributed by atoms with Gasteiger partial charge < -0.3 is 11.1 Å². The average molecular weight is 392 g/mol. The van der Waals surface area contributed by atoms with E-state index in [9.17, 15) is 14.4 Å². The Morgan fingerprint density at radius 2 is 1.79 bits per heavy atom. The van der Waals surface area contributed by atoms with Crippen molar-refractivity contribution in [3.63, 3.8) is 0 Å². The molecule has 3 rings (SSSR count). The van der Waals surface area contributed by atoms with Crippen LogP contribution in [0.5, 0.6) is 0 Å². The highest BCUT2D eigenvalue weighted by atomic mass is 16.2. The van der Waals surface area contributed by atoms with Crippen molar-refractivity contribution >= 4 is 17.6 Å². The van der Waals surface area contributed by atoms with Crippen molar-refractivity contribution < 1.29 is 14.4 Å². The van der Waals surface area contributed by atoms with Gasteiger partial charge in [0, 0.05) is 18.1 Å². The van der Waals surface area contributed by atoms with Crippen LogP contribution >= 0.6 is 0 Å². The van der Waals surface area contributed by atoms with Crippen molar-refractivity contribution in [1.29, 1.82) is 0 Å². The normalized spacial score (nSPS) is 11.6. The predicted octanol–water partition coefficient (Wildman–Crippen LogP) is 0.756. The monoisotopic (exact) mass is 392 g/mol. The number of nitrogens with one attached hydrogen (secondary N) is 1. The quantitative estimate of drug-likeness (QED) is 0.544. The van der Waals surface area contributed by atoms with Gasteiger partial charge in [0.2, 0.25) is 5.78 Å². The Bertz CT molecular complexity index is 1020. The number of Topliss-reactive ketones (excluding diaryl/α,β-unsaturated/α-hetero) is 1. The second-order valence-electron chi connectivity index (χ2n) is 6.33. The lowest BCUT2D eigenvalue weighted by molar-refractivity contribution is -0.137. The summed E-state index contributed by atoms with van der Waals surface area (Å²) in [6.45, 7) is 1.73. The molecule has 1 unspecified atom stereocenters. The molecule has 0 saturated carbocycles. The number of primary amides is 1. The van der Waals surface area contributed by atoms with Crippen LogP contribution in [0, 0.1) is 6.92 Å². The van der Waals surface area contributed by atoms with Crippen LogP contribution in [0.25, 0.3) is 5.82 Å². The average Bonchev–Trinajstić information content (AvgIpc) is 3.13. The highest BCUT2D eigenvalue weighted by Crippen LogP contribution is 2.13. The first-order valence-corrected chi connectivity index (χ1v) is 8.97. The fraction of sp³-hybridized carbons (Fsp3) is 0.200. The molecule has 1 atom stereocenters. The maximum atomic E-state index is 12.9. The van der Waals surface area contributed by atoms with Gasteiger partial charge in [-0.15, -0.1) is 0 Å². The van der Waals surface area contributed by atoms with E-state index in [1.165, 1.54) is 6.20 Å². The van der Waals surface area contributed by atoms with Crippen LogP contribution in [0.4, 0.5) is 0 Å². The Kier molecular flexibility index (Phi) is 6.08. The van der Waals surface area contributed by atoms with Crippen LogP contribution in [0.15, 0.2) is 55.0 Å². The van der Waals surface area contributed by atoms with Gasteiger partial charge in [-0.05, 0) is 44.0 Å². The molecule has 29 heavy (non-hydrogen) atoms. The van der Waals surface area contributed by atoms with Gasteiger partial charge in [0.15, 0.2) is 0 Å². The summed E-state index contributed by atoms with van der Waals surface area (Å²) < 4.78 is 1.57. The number of aryl methyl sites for hydroxylation is 2. The van der Waals surface area contributed by atoms with Crippen molar-refractivity contribution in [2.45, 2.75) is 25.8 Å². The van der Waals surface area contributed by atoms with Gasteiger partial charge in [-0.25, -0.2) is 9.97 Å². The minimum absolute atomic E-state index is 0.182. The molecule has 0 radical (unpaired) electrons. The number of hydrogen-bond donors (Lipinski definition) is 2. The molecule has 0 bridgehead atoms. The van der Waals surface area contributed by atoms with Crippen molar-refractivity contribution in [3.05, 3.63) is 72.2 Å². The SMILES string of the molecule is Cc1ncc(C(=O)NC(CCc2ccccn2)C(=O)C(N)=O)n1-c1ccccn1. The third kappa shape index (κ3) is 4.70. The van der Waals surface area contributed by atoms with Gasteiger partial charge in [0.1, 0.15) is 17.3 Å². The Hall–Kier alpha value is -3.88. The summed E-state index contributed by atoms with van der Waals surface area (Å²) in [4.78, 5) is 49.2. The van der Waals surface area contributed by atoms with E-state index in [0.29, 0.717) is 18.1 Å². The second-order valence-corrected chi connectivity index (χ2v) is 6.33. The summed E-state index contributed by atoms with van der Waals surface area (Å²) >= 11 is 0. The number of carbonyl (C=O) groups excluding carboxylic acids is 3. The molecule has 3 aromatic rings. The molecule has 0 saturated heterocycles. The molecular formula is C20H20N6O3. The molecule has 2 amide bonds. The number of rotatable bonds is 8. The lowest BCUT2D eigenvalue weighted by Gasteiger charge is -2.17. The van der Waals surface area contributed by atoms with Crippen LogP contribution in [0.1, 0.15) is 28.4 Å². The fourth-order valence-corrected chi connectivity index (χ4v) is 2.89. The molecule has 3 aromatic heterocycles. The maximum Gasteiger partial charge on any atom is 0.287 e. The number of nitrogens with two attached hydrogens (primary N) is 1. The van der Waals surface area contributed by atoms with Gasteiger partial charge in [-0.3, -0.25) is 23.9 Å². The fourth-order valence-electron chi connectivity index (χ4n) is 2.89. The van der Waals surface area contributed by atoms with E-state index in [2.05, 4.69) is 20.3 Å². The zero-order chi connectivity index (χ0) is 20.8. The minimum Gasteiger partial charge on any atom is -0.363 e. The topological polar surface area (TPSA) is 133 Å². The largest absolute Gasteiger partial charge is 0.363 e. The van der Waals surface area contributed by atoms with Gasteiger partial charge in [-0.1, -0.05) is 12.1 Å². The standard InChI is InChI=1S/C20H20N6O3/c1-13-24-12-16(26(13)17-7-3-5-11-23-17)20(29)25-15(18(27)19(21)28)9-8-14-6-2-4-10-22-14/h2-7,10-12,15H,8-9H2,1H3,(H2,21,28)(H,25,29). The summed E-state index contributed by atoms with van der Waals surface area (Å²) in [5.74, 6) is -1.46. The predicted molar refractivity (Wildman–Crippen MR) is 104 cm³/mol. The van der Waals surface area contributed by atoms with Gasteiger partial charge in [0.05, 0.1) is 12.2 Å². The van der Waals surface area contributed by atoms with E-state index in [1.54, 1.807) is 54.2 Å². The lowest BCUT2D eigenvalue weighted by atomic mass is 10.0. The molecule has 148 valence electrons. The summed E-state index contributed by atoms with van der Waals surface area (Å²) in [6, 6.07) is 9.60. The van der Waals surface area contributed by atoms with Gasteiger partial charge in [-0.2, -0.15) is 0 Å². The van der Waals surface area contributed by atoms with E-state index < -0.39 is 23.6 Å². The molecule has 9 heteroatoms. The molecule has 3 heterocycles. The molecular weight excluding hydrogens is 372 g/mol. The van der Waals surface area contributed by atoms with Crippen molar-refractivity contribution in [1.82, 2.24) is 24.8 Å². The van der Waals surface area contributed by atoms with Crippen LogP contribution < -0.4 is 11.1 Å². The number of amides is 2. The van der Waals surface area contributed by atoms with E-state index in [-0.39, 0.29) is 12.1 Å². The summed E-state index contributed by atoms with van der Waals surface area (Å²) in [5.41, 5.74) is 6.09. The summed E-state index contributed by atoms with van der Waals surface area (Å²) in [6.07, 6.45) is 5.20. The van der Waals surface area contributed by atoms with Crippen LogP contribution in [0.3, 0.4) is 0 Å². The Labute approximate surface area is 167 Å². The van der Waals surface area contributed by atoms with Gasteiger partial charge >= 0.3 is 0 Å².